The van der Waals surface area contributed by atoms with Crippen molar-refractivity contribution in [2.75, 3.05) is 11.9 Å². The number of benzene rings is 1. The summed E-state index contributed by atoms with van der Waals surface area (Å²) in [6.45, 7) is 2.56. The first-order valence-electron chi connectivity index (χ1n) is 6.77. The number of hydrogen-bond acceptors (Lipinski definition) is 3. The number of alkyl halides is 1. The number of allylic oxidation sites excluding steroid dienone is 4. The van der Waals surface area contributed by atoms with Gasteiger partial charge in [0.05, 0.1) is 11.1 Å². The van der Waals surface area contributed by atoms with Crippen molar-refractivity contribution >= 4 is 21.5 Å². The van der Waals surface area contributed by atoms with Gasteiger partial charge in [0.25, 0.3) is 0 Å². The Kier molecular flexibility index (Phi) is 5.68. The summed E-state index contributed by atoms with van der Waals surface area (Å²) in [6, 6.07) is 7.93. The Morgan fingerprint density at radius 3 is 2.70 bits per heavy atom. The van der Waals surface area contributed by atoms with Crippen molar-refractivity contribution in [1.82, 2.24) is 0 Å². The topological polar surface area (TPSA) is 38.7 Å². The summed E-state index contributed by atoms with van der Waals surface area (Å²) < 4.78 is 11.4. The molecule has 108 valence electrons. The van der Waals surface area contributed by atoms with Gasteiger partial charge in [0.1, 0.15) is 5.75 Å². The average molecular weight is 339 g/mol. The van der Waals surface area contributed by atoms with E-state index in [0.717, 1.165) is 17.7 Å². The maximum atomic E-state index is 9.46. The third kappa shape index (κ3) is 3.87. The molecule has 1 unspecified atom stereocenters. The minimum Gasteiger partial charge on any atom is -0.512 e. The predicted octanol–water partition coefficient (Wildman–Crippen LogP) is 4.44. The van der Waals surface area contributed by atoms with E-state index in [1.165, 1.54) is 5.57 Å². The number of ether oxygens (including phenoxy) is 2. The van der Waals surface area contributed by atoms with Crippen LogP contribution >= 0.6 is 15.9 Å². The van der Waals surface area contributed by atoms with Crippen LogP contribution in [0.15, 0.2) is 42.2 Å². The Morgan fingerprint density at radius 1 is 1.25 bits per heavy atom. The molecule has 1 aromatic carbocycles. The number of para-hydroxylation sites is 1. The summed E-state index contributed by atoms with van der Waals surface area (Å²) >= 11 is 3.40. The van der Waals surface area contributed by atoms with Gasteiger partial charge in [-0.1, -0.05) is 40.2 Å². The van der Waals surface area contributed by atoms with Crippen LogP contribution in [0.4, 0.5) is 0 Å². The van der Waals surface area contributed by atoms with Gasteiger partial charge in [0, 0.05) is 18.6 Å². The normalized spacial score (nSPS) is 16.3. The third-order valence-electron chi connectivity index (χ3n) is 3.10. The molecule has 1 aliphatic carbocycles. The molecule has 0 amide bonds. The Bertz CT molecular complexity index is 508. The fourth-order valence-electron chi connectivity index (χ4n) is 2.12. The lowest BCUT2D eigenvalue weighted by atomic mass is 9.96. The number of aliphatic hydroxyl groups is 1. The van der Waals surface area contributed by atoms with Gasteiger partial charge in [-0.05, 0) is 31.1 Å². The number of rotatable bonds is 6. The van der Waals surface area contributed by atoms with Gasteiger partial charge in [-0.25, -0.2) is 0 Å². The quantitative estimate of drug-likeness (QED) is 0.615. The van der Waals surface area contributed by atoms with Gasteiger partial charge in [0.2, 0.25) is 6.29 Å². The second-order valence-electron chi connectivity index (χ2n) is 4.50. The van der Waals surface area contributed by atoms with Crippen LogP contribution in [0.5, 0.6) is 5.75 Å². The second-order valence-corrected chi connectivity index (χ2v) is 5.15. The fraction of sp³-hybridized carbons (Fsp3) is 0.375. The number of halogens is 1. The molecule has 0 aromatic heterocycles. The van der Waals surface area contributed by atoms with Gasteiger partial charge in [0.15, 0.2) is 0 Å². The molecule has 1 aromatic rings. The largest absolute Gasteiger partial charge is 0.512 e. The summed E-state index contributed by atoms with van der Waals surface area (Å²) in [6.07, 6.45) is 4.89. The van der Waals surface area contributed by atoms with Crippen LogP contribution in [0, 0.1) is 0 Å². The van der Waals surface area contributed by atoms with Crippen LogP contribution in [0.3, 0.4) is 0 Å². The van der Waals surface area contributed by atoms with Crippen molar-refractivity contribution in [3.63, 3.8) is 0 Å². The Labute approximate surface area is 128 Å². The van der Waals surface area contributed by atoms with E-state index in [-0.39, 0.29) is 6.29 Å². The molecule has 0 saturated carbocycles. The van der Waals surface area contributed by atoms with Crippen molar-refractivity contribution in [1.29, 1.82) is 0 Å². The first-order chi connectivity index (χ1) is 9.74. The highest BCUT2D eigenvalue weighted by Gasteiger charge is 2.15. The average Bonchev–Trinajstić information content (AvgIpc) is 2.48. The monoisotopic (exact) mass is 338 g/mol. The molecule has 4 heteroatoms. The molecule has 0 saturated heterocycles. The highest BCUT2D eigenvalue weighted by Crippen LogP contribution is 2.32. The van der Waals surface area contributed by atoms with E-state index < -0.39 is 0 Å². The van der Waals surface area contributed by atoms with E-state index in [9.17, 15) is 5.11 Å². The van der Waals surface area contributed by atoms with Crippen LogP contribution in [0.1, 0.15) is 25.3 Å². The van der Waals surface area contributed by atoms with Gasteiger partial charge in [-0.3, -0.25) is 0 Å². The SMILES string of the molecule is CCOC(CBr)Oc1ccccc1C1=CC=C(O)CC1. The molecule has 0 radical (unpaired) electrons. The van der Waals surface area contributed by atoms with Crippen LogP contribution in [0.2, 0.25) is 0 Å². The summed E-state index contributed by atoms with van der Waals surface area (Å²) in [5.41, 5.74) is 2.23. The maximum absolute atomic E-state index is 9.46. The van der Waals surface area contributed by atoms with Crippen LogP contribution in [0.25, 0.3) is 5.57 Å². The van der Waals surface area contributed by atoms with Gasteiger partial charge in [-0.15, -0.1) is 0 Å². The first kappa shape index (κ1) is 15.1. The zero-order chi connectivity index (χ0) is 14.4. The number of hydrogen-bond donors (Lipinski definition) is 1. The molecule has 0 fully saturated rings. The van der Waals surface area contributed by atoms with E-state index in [2.05, 4.69) is 15.9 Å². The Hall–Kier alpha value is -1.26. The molecule has 1 aliphatic rings. The zero-order valence-corrected chi connectivity index (χ0v) is 13.1. The van der Waals surface area contributed by atoms with Gasteiger partial charge >= 0.3 is 0 Å². The summed E-state index contributed by atoms with van der Waals surface area (Å²) in [5, 5.41) is 10.1. The van der Waals surface area contributed by atoms with E-state index in [0.29, 0.717) is 24.1 Å². The lowest BCUT2D eigenvalue weighted by Gasteiger charge is -2.20. The van der Waals surface area contributed by atoms with E-state index >= 15 is 0 Å². The van der Waals surface area contributed by atoms with Crippen LogP contribution in [-0.2, 0) is 4.74 Å². The van der Waals surface area contributed by atoms with Gasteiger partial charge < -0.3 is 14.6 Å². The molecule has 1 atom stereocenters. The highest BCUT2D eigenvalue weighted by atomic mass is 79.9. The number of aliphatic hydroxyl groups excluding tert-OH is 1. The van der Waals surface area contributed by atoms with Crippen molar-refractivity contribution in [2.45, 2.75) is 26.1 Å². The molecule has 0 aliphatic heterocycles. The molecule has 0 bridgehead atoms. The smallest absolute Gasteiger partial charge is 0.209 e. The Balaban J connectivity index is 2.22. The van der Waals surface area contributed by atoms with Crippen molar-refractivity contribution < 1.29 is 14.6 Å². The lowest BCUT2D eigenvalue weighted by Crippen LogP contribution is -2.22. The molecule has 1 N–H and O–H groups in total. The highest BCUT2D eigenvalue weighted by molar-refractivity contribution is 9.09. The third-order valence-corrected chi connectivity index (χ3v) is 3.63. The van der Waals surface area contributed by atoms with Crippen molar-refractivity contribution in [2.24, 2.45) is 0 Å². The molecule has 0 spiro atoms. The van der Waals surface area contributed by atoms with Crippen LogP contribution in [-0.4, -0.2) is 23.3 Å². The lowest BCUT2D eigenvalue weighted by molar-refractivity contribution is -0.0571. The van der Waals surface area contributed by atoms with E-state index in [1.54, 1.807) is 6.08 Å². The Morgan fingerprint density at radius 2 is 2.05 bits per heavy atom. The van der Waals surface area contributed by atoms with Crippen LogP contribution < -0.4 is 4.74 Å². The second kappa shape index (κ2) is 7.50. The van der Waals surface area contributed by atoms with Gasteiger partial charge in [-0.2, -0.15) is 0 Å². The fourth-order valence-corrected chi connectivity index (χ4v) is 2.44. The van der Waals surface area contributed by atoms with E-state index in [1.807, 2.05) is 37.3 Å². The summed E-state index contributed by atoms with van der Waals surface area (Å²) in [7, 11) is 0. The molecule has 3 nitrogen and oxygen atoms in total. The molecule has 20 heavy (non-hydrogen) atoms. The molecule has 2 rings (SSSR count). The molecular formula is C16H19BrO3. The minimum absolute atomic E-state index is 0.297. The zero-order valence-electron chi connectivity index (χ0n) is 11.5. The molecule has 0 heterocycles. The van der Waals surface area contributed by atoms with Crippen molar-refractivity contribution in [3.8, 4) is 5.75 Å². The van der Waals surface area contributed by atoms with Crippen molar-refractivity contribution in [3.05, 3.63) is 47.7 Å². The standard InChI is InChI=1S/C16H19BrO3/c1-2-19-16(11-17)20-15-6-4-3-5-14(15)12-7-9-13(18)10-8-12/h3-7,9,16,18H,2,8,10-11H2,1H3. The predicted molar refractivity (Wildman–Crippen MR) is 84.2 cm³/mol. The minimum atomic E-state index is -0.297. The first-order valence-corrected chi connectivity index (χ1v) is 7.89. The molecular weight excluding hydrogens is 320 g/mol. The maximum Gasteiger partial charge on any atom is 0.209 e. The summed E-state index contributed by atoms with van der Waals surface area (Å²) in [4.78, 5) is 0. The summed E-state index contributed by atoms with van der Waals surface area (Å²) in [5.74, 6) is 1.24. The van der Waals surface area contributed by atoms with E-state index in [4.69, 9.17) is 9.47 Å².